The molecule has 2 fully saturated rings. The van der Waals surface area contributed by atoms with Crippen LogP contribution in [0.4, 0.5) is 0 Å². The molecule has 2 aliphatic rings. The Morgan fingerprint density at radius 2 is 1.14 bits per heavy atom. The summed E-state index contributed by atoms with van der Waals surface area (Å²) >= 11 is 0. The van der Waals surface area contributed by atoms with Gasteiger partial charge < -0.3 is 9.79 Å². The summed E-state index contributed by atoms with van der Waals surface area (Å²) in [6, 6.07) is 0. The van der Waals surface area contributed by atoms with Gasteiger partial charge in [-0.3, -0.25) is 0 Å². The predicted molar refractivity (Wildman–Crippen MR) is 111 cm³/mol. The molecule has 2 rings (SSSR count). The minimum absolute atomic E-state index is 0.402. The van der Waals surface area contributed by atoms with Crippen LogP contribution in [0.3, 0.4) is 0 Å². The van der Waals surface area contributed by atoms with Crippen LogP contribution in [0.1, 0.15) is 94.4 Å². The number of unbranched alkanes of at least 4 members (excludes halogenated alkanes) is 3. The third-order valence-corrected chi connectivity index (χ3v) is 11.0. The minimum Gasteiger partial charge on any atom is -0.627 e. The van der Waals surface area contributed by atoms with Crippen molar-refractivity contribution in [2.45, 2.75) is 117 Å². The largest absolute Gasteiger partial charge is 0.627 e. The molecule has 0 atom stereocenters. The molecule has 8 heteroatoms. The third-order valence-electron chi connectivity index (χ3n) is 6.25. The summed E-state index contributed by atoms with van der Waals surface area (Å²) in [5, 5.41) is 0.402. The maximum absolute atomic E-state index is 13.7. The summed E-state index contributed by atoms with van der Waals surface area (Å²) in [5.41, 5.74) is -2.96. The Labute approximate surface area is 172 Å². The van der Waals surface area contributed by atoms with Gasteiger partial charge in [0.25, 0.3) is 15.9 Å². The van der Waals surface area contributed by atoms with E-state index in [4.69, 9.17) is 18.1 Å². The standard InChI is InChI=1S/C20H38O6P2/c1-10-11-12-13-14-16(28(22)25-19(6,7)20(8,9)26-28)15-27(21)23-17(2,3)18(4,5)24-27/h15H,10-14H2,1-9H3/b16-15-. The molecule has 0 aromatic rings. The van der Waals surface area contributed by atoms with Crippen LogP contribution in [-0.4, -0.2) is 22.4 Å². The molecule has 164 valence electrons. The van der Waals surface area contributed by atoms with E-state index in [1.807, 2.05) is 55.4 Å². The summed E-state index contributed by atoms with van der Waals surface area (Å²) in [5.74, 6) is 1.41. The highest BCUT2D eigenvalue weighted by Crippen LogP contribution is 2.76. The number of rotatable bonds is 7. The van der Waals surface area contributed by atoms with Crippen LogP contribution in [0.25, 0.3) is 0 Å². The van der Waals surface area contributed by atoms with E-state index in [0.29, 0.717) is 11.7 Å². The first-order chi connectivity index (χ1) is 12.5. The van der Waals surface area contributed by atoms with E-state index in [1.165, 1.54) is 5.82 Å². The topological polar surface area (TPSA) is 83.0 Å². The van der Waals surface area contributed by atoms with Gasteiger partial charge in [-0.1, -0.05) is 26.2 Å². The van der Waals surface area contributed by atoms with Crippen molar-refractivity contribution in [3.05, 3.63) is 11.1 Å². The molecule has 0 aromatic heterocycles. The Bertz CT molecular complexity index is 580. The lowest BCUT2D eigenvalue weighted by Crippen LogP contribution is -2.41. The first kappa shape index (κ1) is 24.6. The molecule has 0 radical (unpaired) electrons. The maximum Gasteiger partial charge on any atom is 0.272 e. The summed E-state index contributed by atoms with van der Waals surface area (Å²) in [4.78, 5) is 27.1. The molecule has 0 aliphatic carbocycles. The van der Waals surface area contributed by atoms with Crippen LogP contribution in [-0.2, 0) is 18.1 Å². The molecule has 0 unspecified atom stereocenters. The smallest absolute Gasteiger partial charge is 0.272 e. The van der Waals surface area contributed by atoms with Crippen LogP contribution in [0.15, 0.2) is 11.1 Å². The highest BCUT2D eigenvalue weighted by Gasteiger charge is 2.64. The van der Waals surface area contributed by atoms with Gasteiger partial charge in [0.15, 0.2) is 11.1 Å². The molecule has 2 saturated heterocycles. The van der Waals surface area contributed by atoms with Crippen molar-refractivity contribution >= 4 is 15.9 Å². The Kier molecular flexibility index (Phi) is 6.86. The second-order valence-electron chi connectivity index (χ2n) is 9.87. The quantitative estimate of drug-likeness (QED) is 0.400. The lowest BCUT2D eigenvalue weighted by molar-refractivity contribution is -0.211. The molecule has 0 amide bonds. The van der Waals surface area contributed by atoms with Gasteiger partial charge in [-0.2, -0.15) is 18.1 Å². The van der Waals surface area contributed by atoms with Crippen LogP contribution in [0, 0.1) is 0 Å². The molecular weight excluding hydrogens is 398 g/mol. The van der Waals surface area contributed by atoms with Gasteiger partial charge >= 0.3 is 0 Å². The predicted octanol–water partition coefficient (Wildman–Crippen LogP) is 5.25. The molecular formula is C20H38O6P2. The molecule has 28 heavy (non-hydrogen) atoms. The van der Waals surface area contributed by atoms with Crippen molar-refractivity contribution < 1.29 is 27.9 Å². The minimum atomic E-state index is -3.62. The SMILES string of the molecule is CCCCCC/C(=C/[P+]1([O-])OC(C)(C)C(C)(C)O1)[P+]1([O-])OC(C)(C)C(C)(C)O1. The van der Waals surface area contributed by atoms with Crippen LogP contribution in [0.5, 0.6) is 0 Å². The maximum atomic E-state index is 13.7. The number of hydrogen-bond donors (Lipinski definition) is 0. The van der Waals surface area contributed by atoms with E-state index in [-0.39, 0.29) is 0 Å². The van der Waals surface area contributed by atoms with Gasteiger partial charge in [-0.15, -0.1) is 0 Å². The summed E-state index contributed by atoms with van der Waals surface area (Å²) < 4.78 is 23.6. The fourth-order valence-corrected chi connectivity index (χ4v) is 8.76. The van der Waals surface area contributed by atoms with Crippen molar-refractivity contribution in [1.82, 2.24) is 0 Å². The van der Waals surface area contributed by atoms with Gasteiger partial charge in [0.1, 0.15) is 22.4 Å². The highest BCUT2D eigenvalue weighted by molar-refractivity contribution is 7.67. The Morgan fingerprint density at radius 1 is 0.714 bits per heavy atom. The van der Waals surface area contributed by atoms with Crippen LogP contribution in [0.2, 0.25) is 0 Å². The van der Waals surface area contributed by atoms with Crippen molar-refractivity contribution in [3.63, 3.8) is 0 Å². The molecule has 0 N–H and O–H groups in total. The molecule has 2 aliphatic heterocycles. The van der Waals surface area contributed by atoms with E-state index in [2.05, 4.69) is 6.92 Å². The van der Waals surface area contributed by atoms with E-state index in [9.17, 15) is 9.79 Å². The Balaban J connectivity index is 2.37. The molecule has 2 heterocycles. The first-order valence-electron chi connectivity index (χ1n) is 10.2. The molecule has 0 bridgehead atoms. The van der Waals surface area contributed by atoms with Gasteiger partial charge in [-0.25, -0.2) is 0 Å². The summed E-state index contributed by atoms with van der Waals surface area (Å²) in [6.45, 7) is 17.0. The monoisotopic (exact) mass is 436 g/mol. The van der Waals surface area contributed by atoms with E-state index in [1.54, 1.807) is 0 Å². The fraction of sp³-hybridized carbons (Fsp3) is 0.900. The average molecular weight is 436 g/mol. The lowest BCUT2D eigenvalue weighted by Gasteiger charge is -2.27. The molecule has 0 aromatic carbocycles. The van der Waals surface area contributed by atoms with Crippen molar-refractivity contribution in [3.8, 4) is 0 Å². The van der Waals surface area contributed by atoms with E-state index >= 15 is 0 Å². The van der Waals surface area contributed by atoms with Gasteiger partial charge in [-0.05, 0) is 61.8 Å². The van der Waals surface area contributed by atoms with Gasteiger partial charge in [0, 0.05) is 6.42 Å². The zero-order chi connectivity index (χ0) is 21.6. The summed E-state index contributed by atoms with van der Waals surface area (Å²) in [7, 11) is -7.22. The normalized spacial score (nSPS) is 29.2. The van der Waals surface area contributed by atoms with Crippen LogP contribution < -0.4 is 9.79 Å². The third kappa shape index (κ3) is 4.81. The second kappa shape index (κ2) is 7.80. The van der Waals surface area contributed by atoms with Crippen molar-refractivity contribution in [2.75, 3.05) is 0 Å². The lowest BCUT2D eigenvalue weighted by atomic mass is 9.90. The second-order valence-corrected chi connectivity index (χ2v) is 13.5. The molecule has 6 nitrogen and oxygen atoms in total. The number of hydrogen-bond acceptors (Lipinski definition) is 6. The number of allylic oxidation sites excluding steroid dienone is 1. The van der Waals surface area contributed by atoms with E-state index in [0.717, 1.165) is 25.7 Å². The fourth-order valence-electron chi connectivity index (χ4n) is 3.07. The van der Waals surface area contributed by atoms with Crippen molar-refractivity contribution in [1.29, 1.82) is 0 Å². The van der Waals surface area contributed by atoms with Gasteiger partial charge in [0.05, 0.1) is 0 Å². The average Bonchev–Trinajstić information content (AvgIpc) is 2.75. The molecule has 0 spiro atoms. The van der Waals surface area contributed by atoms with E-state index < -0.39 is 38.3 Å². The Morgan fingerprint density at radius 3 is 1.57 bits per heavy atom. The molecule has 0 saturated carbocycles. The van der Waals surface area contributed by atoms with Crippen LogP contribution >= 0.6 is 15.9 Å². The zero-order valence-electron chi connectivity index (χ0n) is 19.0. The highest BCUT2D eigenvalue weighted by atomic mass is 31.2. The zero-order valence-corrected chi connectivity index (χ0v) is 20.7. The summed E-state index contributed by atoms with van der Waals surface area (Å²) in [6.07, 6.45) is 4.45. The van der Waals surface area contributed by atoms with Gasteiger partial charge in [0.2, 0.25) is 0 Å². The van der Waals surface area contributed by atoms with Crippen molar-refractivity contribution in [2.24, 2.45) is 0 Å². The first-order valence-corrected chi connectivity index (χ1v) is 13.4. The Hall–Kier alpha value is 0.360.